The van der Waals surface area contributed by atoms with Crippen LogP contribution in [0.2, 0.25) is 0 Å². The zero-order valence-corrected chi connectivity index (χ0v) is 14.3. The lowest BCUT2D eigenvalue weighted by Crippen LogP contribution is -2.33. The van der Waals surface area contributed by atoms with Crippen LogP contribution in [0.5, 0.6) is 0 Å². The number of rotatable bonds is 2. The highest BCUT2D eigenvalue weighted by Crippen LogP contribution is 2.36. The monoisotopic (exact) mass is 353 g/mol. The molecule has 0 saturated carbocycles. The molecule has 0 radical (unpaired) electrons. The van der Waals surface area contributed by atoms with Gasteiger partial charge in [0.05, 0.1) is 21.6 Å². The molecule has 0 atom stereocenters. The molecule has 6 heteroatoms. The first-order chi connectivity index (χ1) is 12.3. The van der Waals surface area contributed by atoms with Crippen LogP contribution in [-0.4, -0.2) is 23.2 Å². The number of thiophene rings is 1. The second-order valence-electron chi connectivity index (χ2n) is 6.43. The van der Waals surface area contributed by atoms with Gasteiger partial charge in [0.2, 0.25) is 0 Å². The summed E-state index contributed by atoms with van der Waals surface area (Å²) in [6.07, 6.45) is 3.90. The first kappa shape index (κ1) is 14.8. The summed E-state index contributed by atoms with van der Waals surface area (Å²) in [5.41, 5.74) is 3.83. The quantitative estimate of drug-likeness (QED) is 0.511. The maximum atomic E-state index is 13.3. The van der Waals surface area contributed by atoms with Gasteiger partial charge < -0.3 is 9.42 Å². The third-order valence-corrected chi connectivity index (χ3v) is 5.93. The van der Waals surface area contributed by atoms with E-state index in [1.807, 2.05) is 6.20 Å². The average Bonchev–Trinajstić information content (AvgIpc) is 3.28. The van der Waals surface area contributed by atoms with E-state index in [1.165, 1.54) is 22.5 Å². The minimum absolute atomic E-state index is 0.289. The number of fused-ring (bicyclic) bond motifs is 2. The second-order valence-corrected chi connectivity index (χ2v) is 7.35. The maximum absolute atomic E-state index is 13.3. The van der Waals surface area contributed by atoms with Gasteiger partial charge >= 0.3 is 0 Å². The SMILES string of the molecule is Fc1ccc2c(C3CCN(c4ccnc5ccsc45)CC3)noc2c1. The largest absolute Gasteiger partial charge is 0.370 e. The summed E-state index contributed by atoms with van der Waals surface area (Å²) < 4.78 is 19.9. The third kappa shape index (κ3) is 2.48. The summed E-state index contributed by atoms with van der Waals surface area (Å²) in [6, 6.07) is 8.83. The Morgan fingerprint density at radius 3 is 2.92 bits per heavy atom. The molecule has 126 valence electrons. The van der Waals surface area contributed by atoms with Gasteiger partial charge in [-0.3, -0.25) is 4.98 Å². The Hall–Kier alpha value is -2.47. The van der Waals surface area contributed by atoms with Gasteiger partial charge in [0.1, 0.15) is 5.82 Å². The molecule has 0 unspecified atom stereocenters. The summed E-state index contributed by atoms with van der Waals surface area (Å²) in [5, 5.41) is 7.26. The lowest BCUT2D eigenvalue weighted by molar-refractivity contribution is 0.416. The second kappa shape index (κ2) is 5.81. The number of piperidine rings is 1. The molecule has 0 aliphatic carbocycles. The smallest absolute Gasteiger partial charge is 0.170 e. The van der Waals surface area contributed by atoms with Gasteiger partial charge in [-0.2, -0.15) is 0 Å². The Kier molecular flexibility index (Phi) is 3.45. The van der Waals surface area contributed by atoms with Crippen molar-refractivity contribution in [3.05, 3.63) is 53.4 Å². The maximum Gasteiger partial charge on any atom is 0.170 e. The summed E-state index contributed by atoms with van der Waals surface area (Å²) >= 11 is 1.74. The number of aromatic nitrogens is 2. The predicted octanol–water partition coefficient (Wildman–Crippen LogP) is 4.96. The van der Waals surface area contributed by atoms with E-state index in [4.69, 9.17) is 4.52 Å². The van der Waals surface area contributed by atoms with Gasteiger partial charge in [-0.05, 0) is 42.5 Å². The van der Waals surface area contributed by atoms with Crippen LogP contribution < -0.4 is 4.90 Å². The molecule has 1 saturated heterocycles. The number of nitrogens with zero attached hydrogens (tertiary/aromatic N) is 3. The molecule has 4 aromatic rings. The van der Waals surface area contributed by atoms with Crippen LogP contribution in [0.15, 0.2) is 46.4 Å². The lowest BCUT2D eigenvalue weighted by atomic mass is 9.91. The van der Waals surface area contributed by atoms with E-state index in [0.29, 0.717) is 11.5 Å². The lowest BCUT2D eigenvalue weighted by Gasteiger charge is -2.33. The molecule has 1 aromatic carbocycles. The molecule has 1 aliphatic rings. The number of pyridine rings is 1. The Labute approximate surface area is 147 Å². The summed E-state index contributed by atoms with van der Waals surface area (Å²) in [7, 11) is 0. The van der Waals surface area contributed by atoms with Crippen LogP contribution in [0.3, 0.4) is 0 Å². The van der Waals surface area contributed by atoms with Gasteiger partial charge in [0.25, 0.3) is 0 Å². The summed E-state index contributed by atoms with van der Waals surface area (Å²) in [4.78, 5) is 6.85. The molecule has 4 nitrogen and oxygen atoms in total. The number of anilines is 1. The fourth-order valence-electron chi connectivity index (χ4n) is 3.73. The number of benzene rings is 1. The van der Waals surface area contributed by atoms with E-state index in [1.54, 1.807) is 17.4 Å². The fourth-order valence-corrected chi connectivity index (χ4v) is 4.62. The number of halogens is 1. The molecule has 0 spiro atoms. The van der Waals surface area contributed by atoms with Crippen molar-refractivity contribution in [2.45, 2.75) is 18.8 Å². The van der Waals surface area contributed by atoms with Gasteiger partial charge in [0.15, 0.2) is 5.58 Å². The van der Waals surface area contributed by atoms with Crippen molar-refractivity contribution >= 4 is 38.2 Å². The molecule has 4 heterocycles. The standard InChI is InChI=1S/C19H16FN3OS/c20-13-1-2-14-17(11-13)24-22-18(14)12-4-8-23(9-5-12)16-3-7-21-15-6-10-25-19(15)16/h1-3,6-7,10-12H,4-5,8-9H2. The molecule has 0 bridgehead atoms. The van der Waals surface area contributed by atoms with Crippen molar-refractivity contribution in [1.29, 1.82) is 0 Å². The number of hydrogen-bond donors (Lipinski definition) is 0. The first-order valence-corrected chi connectivity index (χ1v) is 9.29. The van der Waals surface area contributed by atoms with Crippen LogP contribution in [0, 0.1) is 5.82 Å². The zero-order chi connectivity index (χ0) is 16.8. The summed E-state index contributed by atoms with van der Waals surface area (Å²) in [6.45, 7) is 1.94. The van der Waals surface area contributed by atoms with Gasteiger partial charge in [0, 0.05) is 36.7 Å². The van der Waals surface area contributed by atoms with E-state index < -0.39 is 0 Å². The minimum Gasteiger partial charge on any atom is -0.370 e. The number of hydrogen-bond acceptors (Lipinski definition) is 5. The molecule has 1 aliphatic heterocycles. The van der Waals surface area contributed by atoms with Gasteiger partial charge in [-0.25, -0.2) is 4.39 Å². The Morgan fingerprint density at radius 2 is 2.04 bits per heavy atom. The minimum atomic E-state index is -0.289. The fraction of sp³-hybridized carbons (Fsp3) is 0.263. The Morgan fingerprint density at radius 1 is 1.16 bits per heavy atom. The molecular weight excluding hydrogens is 337 g/mol. The van der Waals surface area contributed by atoms with Crippen molar-refractivity contribution in [1.82, 2.24) is 10.1 Å². The average molecular weight is 353 g/mol. The van der Waals surface area contributed by atoms with E-state index in [2.05, 4.69) is 32.6 Å². The molecule has 25 heavy (non-hydrogen) atoms. The molecule has 3 aromatic heterocycles. The third-order valence-electron chi connectivity index (χ3n) is 5.01. The summed E-state index contributed by atoms with van der Waals surface area (Å²) in [5.74, 6) is 0.0614. The van der Waals surface area contributed by atoms with Crippen LogP contribution in [-0.2, 0) is 0 Å². The van der Waals surface area contributed by atoms with Crippen molar-refractivity contribution < 1.29 is 8.91 Å². The van der Waals surface area contributed by atoms with Crippen molar-refractivity contribution in [3.8, 4) is 0 Å². The van der Waals surface area contributed by atoms with Crippen LogP contribution in [0.1, 0.15) is 24.5 Å². The molecular formula is C19H16FN3OS. The van der Waals surface area contributed by atoms with Crippen molar-refractivity contribution in [3.63, 3.8) is 0 Å². The van der Waals surface area contributed by atoms with Gasteiger partial charge in [-0.15, -0.1) is 11.3 Å². The van der Waals surface area contributed by atoms with Crippen molar-refractivity contribution in [2.24, 2.45) is 0 Å². The topological polar surface area (TPSA) is 42.2 Å². The van der Waals surface area contributed by atoms with E-state index in [0.717, 1.165) is 42.5 Å². The molecule has 5 rings (SSSR count). The van der Waals surface area contributed by atoms with Crippen LogP contribution in [0.25, 0.3) is 21.2 Å². The van der Waals surface area contributed by atoms with E-state index in [-0.39, 0.29) is 5.82 Å². The normalized spacial score (nSPS) is 16.1. The highest BCUT2D eigenvalue weighted by molar-refractivity contribution is 7.17. The van der Waals surface area contributed by atoms with Gasteiger partial charge in [-0.1, -0.05) is 5.16 Å². The molecule has 1 fully saturated rings. The van der Waals surface area contributed by atoms with Crippen LogP contribution in [0.4, 0.5) is 10.1 Å². The van der Waals surface area contributed by atoms with Crippen LogP contribution >= 0.6 is 11.3 Å². The Bertz CT molecular complexity index is 1050. The first-order valence-electron chi connectivity index (χ1n) is 8.41. The molecule has 0 amide bonds. The van der Waals surface area contributed by atoms with Crippen molar-refractivity contribution in [2.75, 3.05) is 18.0 Å². The van der Waals surface area contributed by atoms with E-state index in [9.17, 15) is 4.39 Å². The predicted molar refractivity (Wildman–Crippen MR) is 97.8 cm³/mol. The van der Waals surface area contributed by atoms with E-state index >= 15 is 0 Å². The highest BCUT2D eigenvalue weighted by atomic mass is 32.1. The zero-order valence-electron chi connectivity index (χ0n) is 13.5. The highest BCUT2D eigenvalue weighted by Gasteiger charge is 2.26. The molecule has 0 N–H and O–H groups in total. The Balaban J connectivity index is 1.40.